The number of nitrogens with two attached hydrogens (primary N) is 1. The van der Waals surface area contributed by atoms with Crippen LogP contribution < -0.4 is 19.9 Å². The molecular formula is C24H27ClN2O4S. The van der Waals surface area contributed by atoms with E-state index in [0.717, 1.165) is 23.1 Å². The Bertz CT molecular complexity index is 1150. The van der Waals surface area contributed by atoms with Crippen LogP contribution in [0.15, 0.2) is 65.6 Å². The number of aryl methyl sites for hydroxylation is 1. The first-order chi connectivity index (χ1) is 15.3. The predicted molar refractivity (Wildman–Crippen MR) is 127 cm³/mol. The molecule has 170 valence electrons. The SMILES string of the molecule is COc1cc(CNCCc2ccc(S(N)(=O)=O)cc2)cc(Cl)c1OCc1ccc(C)cc1. The number of ether oxygens (including phenoxy) is 2. The summed E-state index contributed by atoms with van der Waals surface area (Å²) in [7, 11) is -2.08. The molecular weight excluding hydrogens is 448 g/mol. The monoisotopic (exact) mass is 474 g/mol. The molecule has 3 rings (SSSR count). The Balaban J connectivity index is 1.55. The molecule has 8 heteroatoms. The van der Waals surface area contributed by atoms with E-state index in [4.69, 9.17) is 26.2 Å². The lowest BCUT2D eigenvalue weighted by atomic mass is 10.1. The minimum Gasteiger partial charge on any atom is -0.493 e. The first kappa shape index (κ1) is 24.1. The van der Waals surface area contributed by atoms with Gasteiger partial charge in [-0.3, -0.25) is 0 Å². The van der Waals surface area contributed by atoms with Crippen molar-refractivity contribution in [2.75, 3.05) is 13.7 Å². The zero-order valence-electron chi connectivity index (χ0n) is 18.1. The van der Waals surface area contributed by atoms with Crippen LogP contribution in [0.4, 0.5) is 0 Å². The van der Waals surface area contributed by atoms with E-state index in [1.54, 1.807) is 19.2 Å². The molecule has 0 heterocycles. The number of sulfonamides is 1. The van der Waals surface area contributed by atoms with Gasteiger partial charge in [-0.05, 0) is 60.8 Å². The molecule has 0 aliphatic heterocycles. The minimum absolute atomic E-state index is 0.112. The van der Waals surface area contributed by atoms with E-state index in [1.807, 2.05) is 43.3 Å². The summed E-state index contributed by atoms with van der Waals surface area (Å²) in [6.45, 7) is 3.75. The van der Waals surface area contributed by atoms with E-state index in [0.29, 0.717) is 36.2 Å². The molecule has 0 spiro atoms. The molecule has 0 radical (unpaired) electrons. The van der Waals surface area contributed by atoms with Crippen LogP contribution in [0.25, 0.3) is 0 Å². The minimum atomic E-state index is -3.67. The number of hydrogen-bond acceptors (Lipinski definition) is 5. The van der Waals surface area contributed by atoms with Gasteiger partial charge >= 0.3 is 0 Å². The number of primary sulfonamides is 1. The van der Waals surface area contributed by atoms with Crippen LogP contribution in [0.5, 0.6) is 11.5 Å². The molecule has 3 N–H and O–H groups in total. The number of nitrogens with one attached hydrogen (secondary N) is 1. The van der Waals surface area contributed by atoms with Gasteiger partial charge in [-0.2, -0.15) is 0 Å². The lowest BCUT2D eigenvalue weighted by Crippen LogP contribution is -2.17. The third-order valence-electron chi connectivity index (χ3n) is 4.96. The van der Waals surface area contributed by atoms with Crippen LogP contribution in [0.2, 0.25) is 5.02 Å². The van der Waals surface area contributed by atoms with E-state index < -0.39 is 10.0 Å². The first-order valence-corrected chi connectivity index (χ1v) is 12.1. The van der Waals surface area contributed by atoms with Gasteiger partial charge in [0.05, 0.1) is 17.0 Å². The van der Waals surface area contributed by atoms with Gasteiger partial charge in [0, 0.05) is 6.54 Å². The molecule has 32 heavy (non-hydrogen) atoms. The molecule has 0 fully saturated rings. The zero-order chi connectivity index (χ0) is 23.1. The Morgan fingerprint density at radius 1 is 0.969 bits per heavy atom. The summed E-state index contributed by atoms with van der Waals surface area (Å²) in [5.74, 6) is 1.11. The number of benzene rings is 3. The van der Waals surface area contributed by atoms with E-state index in [1.165, 1.54) is 17.7 Å². The molecule has 0 amide bonds. The summed E-state index contributed by atoms with van der Waals surface area (Å²) in [4.78, 5) is 0.112. The van der Waals surface area contributed by atoms with E-state index >= 15 is 0 Å². The molecule has 0 bridgehead atoms. The summed E-state index contributed by atoms with van der Waals surface area (Å²) in [6.07, 6.45) is 0.744. The first-order valence-electron chi connectivity index (χ1n) is 10.1. The van der Waals surface area contributed by atoms with Crippen molar-refractivity contribution in [2.45, 2.75) is 31.4 Å². The van der Waals surface area contributed by atoms with Crippen molar-refractivity contribution < 1.29 is 17.9 Å². The van der Waals surface area contributed by atoms with Crippen LogP contribution in [0.1, 0.15) is 22.3 Å². The van der Waals surface area contributed by atoms with Gasteiger partial charge in [0.25, 0.3) is 0 Å². The largest absolute Gasteiger partial charge is 0.493 e. The molecule has 0 aliphatic rings. The molecule has 0 aliphatic carbocycles. The van der Waals surface area contributed by atoms with Crippen molar-refractivity contribution in [3.63, 3.8) is 0 Å². The topological polar surface area (TPSA) is 90.6 Å². The fraction of sp³-hybridized carbons (Fsp3) is 0.250. The number of rotatable bonds is 10. The molecule has 0 saturated carbocycles. The van der Waals surface area contributed by atoms with Gasteiger partial charge < -0.3 is 14.8 Å². The van der Waals surface area contributed by atoms with Crippen LogP contribution in [0, 0.1) is 6.92 Å². The van der Waals surface area contributed by atoms with Crippen LogP contribution in [-0.4, -0.2) is 22.1 Å². The van der Waals surface area contributed by atoms with Gasteiger partial charge in [0.15, 0.2) is 11.5 Å². The van der Waals surface area contributed by atoms with Gasteiger partial charge in [-0.25, -0.2) is 13.6 Å². The molecule has 0 atom stereocenters. The van der Waals surface area contributed by atoms with Crippen molar-refractivity contribution in [2.24, 2.45) is 5.14 Å². The highest BCUT2D eigenvalue weighted by Gasteiger charge is 2.13. The molecule has 0 aromatic heterocycles. The maximum absolute atomic E-state index is 11.3. The molecule has 0 unspecified atom stereocenters. The zero-order valence-corrected chi connectivity index (χ0v) is 19.7. The average Bonchev–Trinajstić information content (AvgIpc) is 2.76. The fourth-order valence-electron chi connectivity index (χ4n) is 3.17. The summed E-state index contributed by atoms with van der Waals surface area (Å²) >= 11 is 6.47. The summed E-state index contributed by atoms with van der Waals surface area (Å²) in [5.41, 5.74) is 4.23. The van der Waals surface area contributed by atoms with Gasteiger partial charge in [0.1, 0.15) is 6.61 Å². The van der Waals surface area contributed by atoms with Crippen molar-refractivity contribution in [1.82, 2.24) is 5.32 Å². The Labute approximate surface area is 194 Å². The maximum atomic E-state index is 11.3. The van der Waals surface area contributed by atoms with Crippen molar-refractivity contribution in [1.29, 1.82) is 0 Å². The van der Waals surface area contributed by atoms with Crippen LogP contribution in [-0.2, 0) is 29.6 Å². The van der Waals surface area contributed by atoms with Gasteiger partial charge in [0.2, 0.25) is 10.0 Å². The molecule has 6 nitrogen and oxygen atoms in total. The second-order valence-electron chi connectivity index (χ2n) is 7.50. The highest BCUT2D eigenvalue weighted by Crippen LogP contribution is 2.37. The second-order valence-corrected chi connectivity index (χ2v) is 9.47. The lowest BCUT2D eigenvalue weighted by molar-refractivity contribution is 0.284. The van der Waals surface area contributed by atoms with Crippen LogP contribution in [0.3, 0.4) is 0 Å². The Morgan fingerprint density at radius 3 is 2.25 bits per heavy atom. The predicted octanol–water partition coefficient (Wildman–Crippen LogP) is 4.22. The van der Waals surface area contributed by atoms with Crippen molar-refractivity contribution >= 4 is 21.6 Å². The van der Waals surface area contributed by atoms with E-state index in [9.17, 15) is 8.42 Å². The summed E-state index contributed by atoms with van der Waals surface area (Å²) < 4.78 is 34.1. The normalized spacial score (nSPS) is 11.4. The van der Waals surface area contributed by atoms with Crippen molar-refractivity contribution in [3.8, 4) is 11.5 Å². The number of methoxy groups -OCH3 is 1. The van der Waals surface area contributed by atoms with E-state index in [2.05, 4.69) is 5.32 Å². The summed E-state index contributed by atoms with van der Waals surface area (Å²) in [5, 5.41) is 8.97. The molecule has 3 aromatic carbocycles. The van der Waals surface area contributed by atoms with Crippen molar-refractivity contribution in [3.05, 3.63) is 87.9 Å². The standard InChI is InChI=1S/C24H27ClN2O4S/c1-17-3-5-19(6-4-17)16-31-24-22(25)13-20(14-23(24)30-2)15-27-12-11-18-7-9-21(10-8-18)32(26,28)29/h3-10,13-14,27H,11-12,15-16H2,1-2H3,(H2,26,28,29). The molecule has 3 aromatic rings. The Hall–Kier alpha value is -2.58. The highest BCUT2D eigenvalue weighted by molar-refractivity contribution is 7.89. The summed E-state index contributed by atoms with van der Waals surface area (Å²) in [6, 6.07) is 18.5. The third kappa shape index (κ3) is 6.71. The second kappa shape index (κ2) is 10.8. The van der Waals surface area contributed by atoms with Crippen LogP contribution >= 0.6 is 11.6 Å². The van der Waals surface area contributed by atoms with E-state index in [-0.39, 0.29) is 4.90 Å². The fourth-order valence-corrected chi connectivity index (χ4v) is 3.97. The maximum Gasteiger partial charge on any atom is 0.238 e. The number of hydrogen-bond donors (Lipinski definition) is 2. The highest BCUT2D eigenvalue weighted by atomic mass is 35.5. The Morgan fingerprint density at radius 2 is 1.62 bits per heavy atom. The third-order valence-corrected chi connectivity index (χ3v) is 6.17. The Kier molecular flexibility index (Phi) is 8.15. The lowest BCUT2D eigenvalue weighted by Gasteiger charge is -2.15. The molecule has 0 saturated heterocycles. The van der Waals surface area contributed by atoms with Gasteiger partial charge in [-0.15, -0.1) is 0 Å². The smallest absolute Gasteiger partial charge is 0.238 e. The quantitative estimate of drug-likeness (QED) is 0.429. The van der Waals surface area contributed by atoms with Gasteiger partial charge in [-0.1, -0.05) is 53.6 Å². The number of halogens is 1. The average molecular weight is 475 g/mol.